The van der Waals surface area contributed by atoms with Crippen molar-refractivity contribution in [1.82, 2.24) is 14.5 Å². The molecule has 1 aliphatic carbocycles. The van der Waals surface area contributed by atoms with E-state index < -0.39 is 11.9 Å². The molecule has 1 fully saturated rings. The Morgan fingerprint density at radius 2 is 1.84 bits per heavy atom. The molecule has 2 N–H and O–H groups in total. The average Bonchev–Trinajstić information content (AvgIpc) is 2.75. The largest absolute Gasteiger partial charge is 0.481 e. The molecular weight excluding hydrogens is 322 g/mol. The van der Waals surface area contributed by atoms with Gasteiger partial charge in [-0.25, -0.2) is 4.79 Å². The highest BCUT2D eigenvalue weighted by molar-refractivity contribution is 5.81. The van der Waals surface area contributed by atoms with E-state index in [1.54, 1.807) is 13.1 Å². The van der Waals surface area contributed by atoms with Gasteiger partial charge in [-0.15, -0.1) is 0 Å². The Hall–Kier alpha value is -2.57. The van der Waals surface area contributed by atoms with Gasteiger partial charge in [-0.05, 0) is 25.0 Å². The highest BCUT2D eigenvalue weighted by Gasteiger charge is 2.30. The summed E-state index contributed by atoms with van der Waals surface area (Å²) in [6.07, 6.45) is 4.00. The van der Waals surface area contributed by atoms with E-state index >= 15 is 0 Å². The molecule has 7 heteroatoms. The van der Waals surface area contributed by atoms with Gasteiger partial charge < -0.3 is 10.4 Å². The molecule has 0 bridgehead atoms. The number of aliphatic carboxylic acids is 1. The maximum absolute atomic E-state index is 12.5. The molecule has 0 saturated heterocycles. The molecule has 25 heavy (non-hydrogen) atoms. The Balaban J connectivity index is 1.80. The number of fused-ring (bicyclic) bond motifs is 1. The van der Waals surface area contributed by atoms with Crippen molar-refractivity contribution in [1.29, 1.82) is 0 Å². The van der Waals surface area contributed by atoms with Crippen LogP contribution in [0.2, 0.25) is 0 Å². The van der Waals surface area contributed by atoms with Gasteiger partial charge >= 0.3 is 11.7 Å². The number of nitrogens with one attached hydrogen (secondary N) is 1. The van der Waals surface area contributed by atoms with Crippen LogP contribution in [0.1, 0.15) is 32.1 Å². The Kier molecular flexibility index (Phi) is 4.92. The smallest absolute Gasteiger partial charge is 0.329 e. The lowest BCUT2D eigenvalue weighted by molar-refractivity contribution is -0.143. The number of aromatic nitrogens is 2. The lowest BCUT2D eigenvalue weighted by Crippen LogP contribution is -2.44. The van der Waals surface area contributed by atoms with E-state index in [1.165, 1.54) is 9.13 Å². The normalized spacial score (nSPS) is 21.0. The number of para-hydroxylation sites is 2. The minimum absolute atomic E-state index is 0.108. The summed E-state index contributed by atoms with van der Waals surface area (Å²) >= 11 is 0. The van der Waals surface area contributed by atoms with Gasteiger partial charge in [0.15, 0.2) is 0 Å². The van der Waals surface area contributed by atoms with Crippen LogP contribution in [-0.2, 0) is 23.2 Å². The molecule has 1 heterocycles. The number of rotatable bonds is 4. The van der Waals surface area contributed by atoms with E-state index in [0.29, 0.717) is 18.4 Å². The second-order valence-electron chi connectivity index (χ2n) is 6.67. The van der Waals surface area contributed by atoms with Crippen molar-refractivity contribution < 1.29 is 14.7 Å². The molecule has 3 rings (SSSR count). The monoisotopic (exact) mass is 345 g/mol. The summed E-state index contributed by atoms with van der Waals surface area (Å²) < 4.78 is 2.94. The van der Waals surface area contributed by atoms with Crippen LogP contribution in [0.4, 0.5) is 0 Å². The number of benzene rings is 1. The van der Waals surface area contributed by atoms with E-state index in [0.717, 1.165) is 24.8 Å². The van der Waals surface area contributed by atoms with E-state index in [-0.39, 0.29) is 24.2 Å². The molecule has 2 atom stereocenters. The van der Waals surface area contributed by atoms with E-state index in [4.69, 9.17) is 0 Å². The molecule has 1 aromatic heterocycles. The third-order valence-electron chi connectivity index (χ3n) is 5.03. The first-order valence-electron chi connectivity index (χ1n) is 8.65. The van der Waals surface area contributed by atoms with Gasteiger partial charge in [0.1, 0.15) is 6.54 Å². The quantitative estimate of drug-likeness (QED) is 0.821. The summed E-state index contributed by atoms with van der Waals surface area (Å²) in [5, 5.41) is 12.3. The minimum atomic E-state index is -0.866. The van der Waals surface area contributed by atoms with Gasteiger partial charge in [0.2, 0.25) is 5.91 Å². The fourth-order valence-electron chi connectivity index (χ4n) is 3.69. The number of aryl methyl sites for hydroxylation is 1. The standard InChI is InChI=1S/C18H23N3O4/c1-20-14-9-5-6-10-15(14)21(18(20)25)11-16(22)19-13-8-4-2-3-7-12(13)17(23)24/h5-6,9-10,12-13H,2-4,7-8,11H2,1H3,(H,19,22)(H,23,24)/t12-,13+/m1/s1. The van der Waals surface area contributed by atoms with Crippen LogP contribution in [0.25, 0.3) is 11.0 Å². The zero-order chi connectivity index (χ0) is 18.0. The number of hydrogen-bond donors (Lipinski definition) is 2. The lowest BCUT2D eigenvalue weighted by atomic mass is 9.95. The zero-order valence-corrected chi connectivity index (χ0v) is 14.3. The van der Waals surface area contributed by atoms with Crippen molar-refractivity contribution in [2.75, 3.05) is 0 Å². The van der Waals surface area contributed by atoms with E-state index in [9.17, 15) is 19.5 Å². The molecule has 0 aliphatic heterocycles. The van der Waals surface area contributed by atoms with Gasteiger partial charge in [-0.3, -0.25) is 18.7 Å². The molecule has 7 nitrogen and oxygen atoms in total. The predicted octanol–water partition coefficient (Wildman–Crippen LogP) is 1.49. The molecule has 0 radical (unpaired) electrons. The van der Waals surface area contributed by atoms with Crippen LogP contribution in [0.15, 0.2) is 29.1 Å². The SMILES string of the molecule is Cn1c(=O)n(CC(=O)N[C@H]2CCCCC[C@H]2C(=O)O)c2ccccc21. The van der Waals surface area contributed by atoms with Gasteiger partial charge in [0.05, 0.1) is 17.0 Å². The summed E-state index contributed by atoms with van der Waals surface area (Å²) in [7, 11) is 1.67. The van der Waals surface area contributed by atoms with Crippen molar-refractivity contribution in [2.45, 2.75) is 44.7 Å². The Labute approximate surface area is 145 Å². The van der Waals surface area contributed by atoms with Gasteiger partial charge in [-0.2, -0.15) is 0 Å². The molecule has 2 aromatic rings. The van der Waals surface area contributed by atoms with Crippen LogP contribution in [-0.4, -0.2) is 32.2 Å². The van der Waals surface area contributed by atoms with Gasteiger partial charge in [0, 0.05) is 13.1 Å². The molecule has 1 saturated carbocycles. The molecule has 0 unspecified atom stereocenters. The Bertz CT molecular complexity index is 852. The highest BCUT2D eigenvalue weighted by atomic mass is 16.4. The topological polar surface area (TPSA) is 93.3 Å². The maximum Gasteiger partial charge on any atom is 0.329 e. The molecule has 1 aromatic carbocycles. The summed E-state index contributed by atoms with van der Waals surface area (Å²) in [6, 6.07) is 6.92. The summed E-state index contributed by atoms with van der Waals surface area (Å²) in [6.45, 7) is -0.108. The molecule has 1 amide bonds. The maximum atomic E-state index is 12.5. The number of carboxylic acids is 1. The first-order chi connectivity index (χ1) is 12.0. The number of carbonyl (C=O) groups excluding carboxylic acids is 1. The van der Waals surface area contributed by atoms with E-state index in [2.05, 4.69) is 5.32 Å². The Morgan fingerprint density at radius 3 is 2.56 bits per heavy atom. The van der Waals surface area contributed by atoms with Gasteiger partial charge in [-0.1, -0.05) is 31.4 Å². The lowest BCUT2D eigenvalue weighted by Gasteiger charge is -2.23. The van der Waals surface area contributed by atoms with E-state index in [1.807, 2.05) is 18.2 Å². The molecular formula is C18H23N3O4. The van der Waals surface area contributed by atoms with Crippen molar-refractivity contribution in [3.63, 3.8) is 0 Å². The van der Waals surface area contributed by atoms with Crippen LogP contribution >= 0.6 is 0 Å². The Morgan fingerprint density at radius 1 is 1.16 bits per heavy atom. The van der Waals surface area contributed by atoms with Crippen molar-refractivity contribution in [2.24, 2.45) is 13.0 Å². The second-order valence-corrected chi connectivity index (χ2v) is 6.67. The number of hydrogen-bond acceptors (Lipinski definition) is 3. The predicted molar refractivity (Wildman–Crippen MR) is 93.3 cm³/mol. The summed E-state index contributed by atoms with van der Waals surface area (Å²) in [4.78, 5) is 36.4. The molecule has 1 aliphatic rings. The van der Waals surface area contributed by atoms with Crippen molar-refractivity contribution in [3.05, 3.63) is 34.7 Å². The second kappa shape index (κ2) is 7.13. The van der Waals surface area contributed by atoms with Crippen LogP contribution in [0, 0.1) is 5.92 Å². The van der Waals surface area contributed by atoms with Crippen LogP contribution in [0.5, 0.6) is 0 Å². The summed E-state index contributed by atoms with van der Waals surface area (Å²) in [5.74, 6) is -1.75. The third kappa shape index (κ3) is 3.45. The molecule has 134 valence electrons. The van der Waals surface area contributed by atoms with Gasteiger partial charge in [0.25, 0.3) is 0 Å². The summed E-state index contributed by atoms with van der Waals surface area (Å²) in [5.41, 5.74) is 1.20. The number of carboxylic acid groups (broad SMARTS) is 1. The third-order valence-corrected chi connectivity index (χ3v) is 5.03. The number of nitrogens with zero attached hydrogens (tertiary/aromatic N) is 2. The fourth-order valence-corrected chi connectivity index (χ4v) is 3.69. The van der Waals surface area contributed by atoms with Crippen LogP contribution < -0.4 is 11.0 Å². The highest BCUT2D eigenvalue weighted by Crippen LogP contribution is 2.24. The van der Waals surface area contributed by atoms with Crippen LogP contribution in [0.3, 0.4) is 0 Å². The number of imidazole rings is 1. The first-order valence-corrected chi connectivity index (χ1v) is 8.65. The number of carbonyl (C=O) groups is 2. The average molecular weight is 345 g/mol. The fraction of sp³-hybridized carbons (Fsp3) is 0.500. The van der Waals surface area contributed by atoms with Crippen molar-refractivity contribution in [3.8, 4) is 0 Å². The van der Waals surface area contributed by atoms with Crippen molar-refractivity contribution >= 4 is 22.9 Å². The zero-order valence-electron chi connectivity index (χ0n) is 14.3. The molecule has 0 spiro atoms. The number of amides is 1. The first kappa shape index (κ1) is 17.3. The minimum Gasteiger partial charge on any atom is -0.481 e.